The molecule has 1 heterocycles. The Morgan fingerprint density at radius 2 is 1.18 bits per heavy atom. The van der Waals surface area contributed by atoms with Gasteiger partial charge >= 0.3 is 10.2 Å². The Labute approximate surface area is 134 Å². The first kappa shape index (κ1) is 18.9. The van der Waals surface area contributed by atoms with Gasteiger partial charge < -0.3 is 0 Å². The van der Waals surface area contributed by atoms with Crippen LogP contribution in [0, 0.1) is 0 Å². The number of carbonyl (C=O) groups is 2. The zero-order valence-corrected chi connectivity index (χ0v) is 14.5. The minimum Gasteiger partial charge on any atom is -0.273 e. The van der Waals surface area contributed by atoms with Gasteiger partial charge in [0.15, 0.2) is 0 Å². The van der Waals surface area contributed by atoms with Crippen LogP contribution in [0.2, 0.25) is 0 Å². The smallest absolute Gasteiger partial charge is 0.273 e. The molecule has 7 heteroatoms. The molecule has 0 spiro atoms. The summed E-state index contributed by atoms with van der Waals surface area (Å²) in [7, 11) is -3.97. The van der Waals surface area contributed by atoms with Crippen molar-refractivity contribution < 1.29 is 18.0 Å². The van der Waals surface area contributed by atoms with Crippen molar-refractivity contribution in [2.45, 2.75) is 71.6 Å². The van der Waals surface area contributed by atoms with Gasteiger partial charge in [-0.3, -0.25) is 9.59 Å². The molecule has 6 nitrogen and oxygen atoms in total. The molecule has 2 amide bonds. The van der Waals surface area contributed by atoms with Crippen molar-refractivity contribution in [3.05, 3.63) is 0 Å². The van der Waals surface area contributed by atoms with E-state index in [9.17, 15) is 18.0 Å². The summed E-state index contributed by atoms with van der Waals surface area (Å²) < 4.78 is 26.7. The van der Waals surface area contributed by atoms with Crippen LogP contribution in [0.4, 0.5) is 0 Å². The molecule has 0 bridgehead atoms. The normalized spacial score (nSPS) is 18.1. The minimum atomic E-state index is -3.97. The Balaban J connectivity index is 2.68. The lowest BCUT2D eigenvalue weighted by atomic mass is 10.2. The van der Waals surface area contributed by atoms with Gasteiger partial charge in [0.25, 0.3) is 0 Å². The highest BCUT2D eigenvalue weighted by atomic mass is 32.2. The molecular formula is C15H28N2O4S. The van der Waals surface area contributed by atoms with Crippen LogP contribution in [0.15, 0.2) is 0 Å². The molecule has 22 heavy (non-hydrogen) atoms. The zero-order valence-electron chi connectivity index (χ0n) is 13.7. The fourth-order valence-electron chi connectivity index (χ4n) is 2.53. The summed E-state index contributed by atoms with van der Waals surface area (Å²) in [6.45, 7) is 4.50. The van der Waals surface area contributed by atoms with E-state index >= 15 is 0 Å². The standard InChI is InChI=1S/C15H28N2O4S/c1-3-5-7-9-11-16-14(18)13-15(19)17(22(16,20)21)12-10-8-6-4-2/h3-13H2,1-2H3. The summed E-state index contributed by atoms with van der Waals surface area (Å²) in [5.41, 5.74) is 0. The lowest BCUT2D eigenvalue weighted by molar-refractivity contribution is -0.138. The van der Waals surface area contributed by atoms with Gasteiger partial charge in [-0.05, 0) is 12.8 Å². The molecule has 1 aliphatic rings. The summed E-state index contributed by atoms with van der Waals surface area (Å²) >= 11 is 0. The summed E-state index contributed by atoms with van der Waals surface area (Å²) in [4.78, 5) is 23.8. The lowest BCUT2D eigenvalue weighted by Crippen LogP contribution is -2.55. The molecule has 128 valence electrons. The molecule has 0 unspecified atom stereocenters. The van der Waals surface area contributed by atoms with Crippen molar-refractivity contribution >= 4 is 22.0 Å². The highest BCUT2D eigenvalue weighted by Gasteiger charge is 2.42. The number of hydrogen-bond donors (Lipinski definition) is 0. The summed E-state index contributed by atoms with van der Waals surface area (Å²) in [5, 5.41) is 0. The number of carbonyl (C=O) groups excluding carboxylic acids is 2. The van der Waals surface area contributed by atoms with Crippen LogP contribution in [0.1, 0.15) is 71.6 Å². The monoisotopic (exact) mass is 332 g/mol. The maximum absolute atomic E-state index is 12.5. The van der Waals surface area contributed by atoms with Gasteiger partial charge in [-0.25, -0.2) is 8.61 Å². The zero-order chi connectivity index (χ0) is 16.6. The Bertz CT molecular complexity index is 440. The van der Waals surface area contributed by atoms with Gasteiger partial charge in [-0.2, -0.15) is 8.42 Å². The molecule has 1 saturated heterocycles. The van der Waals surface area contributed by atoms with Crippen molar-refractivity contribution in [1.29, 1.82) is 0 Å². The molecule has 1 rings (SSSR count). The van der Waals surface area contributed by atoms with E-state index in [-0.39, 0.29) is 19.5 Å². The second-order valence-electron chi connectivity index (χ2n) is 5.74. The number of rotatable bonds is 10. The predicted octanol–water partition coefficient (Wildman–Crippen LogP) is 2.45. The van der Waals surface area contributed by atoms with E-state index < -0.39 is 22.0 Å². The van der Waals surface area contributed by atoms with Crippen molar-refractivity contribution in [2.75, 3.05) is 13.1 Å². The van der Waals surface area contributed by atoms with Gasteiger partial charge in [0, 0.05) is 13.1 Å². The van der Waals surface area contributed by atoms with Gasteiger partial charge in [-0.15, -0.1) is 0 Å². The third-order valence-corrected chi connectivity index (χ3v) is 5.73. The summed E-state index contributed by atoms with van der Waals surface area (Å²) in [6, 6.07) is 0. The van der Waals surface area contributed by atoms with E-state index in [1.54, 1.807) is 0 Å². The Morgan fingerprint density at radius 3 is 1.55 bits per heavy atom. The molecular weight excluding hydrogens is 304 g/mol. The highest BCUT2D eigenvalue weighted by Crippen LogP contribution is 2.20. The predicted molar refractivity (Wildman–Crippen MR) is 85.2 cm³/mol. The third-order valence-electron chi connectivity index (χ3n) is 3.85. The van der Waals surface area contributed by atoms with Crippen LogP contribution < -0.4 is 0 Å². The average molecular weight is 332 g/mol. The minimum absolute atomic E-state index is 0.180. The quantitative estimate of drug-likeness (QED) is 0.455. The SMILES string of the molecule is CCCCCCN1C(=O)CC(=O)N(CCCCCC)S1(=O)=O. The van der Waals surface area contributed by atoms with Crippen LogP contribution in [0.5, 0.6) is 0 Å². The van der Waals surface area contributed by atoms with Gasteiger partial charge in [0.05, 0.1) is 0 Å². The summed E-state index contributed by atoms with van der Waals surface area (Å²) in [5.74, 6) is -1.18. The van der Waals surface area contributed by atoms with Crippen LogP contribution in [-0.2, 0) is 19.8 Å². The molecule has 0 aromatic rings. The van der Waals surface area contributed by atoms with Crippen molar-refractivity contribution in [1.82, 2.24) is 8.61 Å². The molecule has 0 atom stereocenters. The molecule has 0 aromatic heterocycles. The summed E-state index contributed by atoms with van der Waals surface area (Å²) in [6.07, 6.45) is 6.86. The van der Waals surface area contributed by atoms with E-state index in [4.69, 9.17) is 0 Å². The first-order valence-corrected chi connectivity index (χ1v) is 9.70. The molecule has 1 fully saturated rings. The topological polar surface area (TPSA) is 74.8 Å². The van der Waals surface area contributed by atoms with Gasteiger partial charge in [-0.1, -0.05) is 52.4 Å². The number of amides is 2. The van der Waals surface area contributed by atoms with Gasteiger partial charge in [0.2, 0.25) is 11.8 Å². The molecule has 0 aromatic carbocycles. The van der Waals surface area contributed by atoms with E-state index in [2.05, 4.69) is 13.8 Å². The molecule has 0 aliphatic carbocycles. The first-order chi connectivity index (χ1) is 10.4. The lowest BCUT2D eigenvalue weighted by Gasteiger charge is -2.34. The van der Waals surface area contributed by atoms with Crippen molar-refractivity contribution in [3.8, 4) is 0 Å². The van der Waals surface area contributed by atoms with Crippen LogP contribution in [0.3, 0.4) is 0 Å². The number of hydrogen-bond acceptors (Lipinski definition) is 4. The maximum atomic E-state index is 12.5. The maximum Gasteiger partial charge on any atom is 0.330 e. The fourth-order valence-corrected chi connectivity index (χ4v) is 4.13. The van der Waals surface area contributed by atoms with E-state index in [0.29, 0.717) is 12.8 Å². The van der Waals surface area contributed by atoms with Crippen LogP contribution >= 0.6 is 0 Å². The first-order valence-electron chi connectivity index (χ1n) is 8.31. The second-order valence-corrected chi connectivity index (χ2v) is 7.51. The fraction of sp³-hybridized carbons (Fsp3) is 0.867. The van der Waals surface area contributed by atoms with Crippen molar-refractivity contribution in [3.63, 3.8) is 0 Å². The molecule has 0 saturated carbocycles. The molecule has 0 N–H and O–H groups in total. The number of nitrogens with zero attached hydrogens (tertiary/aromatic N) is 2. The Morgan fingerprint density at radius 1 is 0.773 bits per heavy atom. The third kappa shape index (κ3) is 4.97. The Kier molecular flexibility index (Phi) is 7.85. The average Bonchev–Trinajstić information content (AvgIpc) is 2.45. The largest absolute Gasteiger partial charge is 0.330 e. The highest BCUT2D eigenvalue weighted by molar-refractivity contribution is 7.88. The van der Waals surface area contributed by atoms with Crippen LogP contribution in [0.25, 0.3) is 0 Å². The van der Waals surface area contributed by atoms with E-state index in [1.807, 2.05) is 0 Å². The van der Waals surface area contributed by atoms with Crippen molar-refractivity contribution in [2.24, 2.45) is 0 Å². The molecule has 0 radical (unpaired) electrons. The van der Waals surface area contributed by atoms with E-state index in [0.717, 1.165) is 47.1 Å². The van der Waals surface area contributed by atoms with E-state index in [1.165, 1.54) is 0 Å². The molecule has 1 aliphatic heterocycles. The second kappa shape index (κ2) is 9.12. The Hall–Kier alpha value is -1.11. The number of unbranched alkanes of at least 4 members (excludes halogenated alkanes) is 6. The van der Waals surface area contributed by atoms with Gasteiger partial charge in [0.1, 0.15) is 6.42 Å². The van der Waals surface area contributed by atoms with Crippen LogP contribution in [-0.4, -0.2) is 41.9 Å².